The molecule has 23 heavy (non-hydrogen) atoms. The fraction of sp³-hybridized carbons (Fsp3) is 0.444. The van der Waals surface area contributed by atoms with Crippen LogP contribution in [0.4, 0.5) is 4.79 Å². The van der Waals surface area contributed by atoms with Gasteiger partial charge in [0.25, 0.3) is 0 Å². The van der Waals surface area contributed by atoms with E-state index in [1.165, 1.54) is 4.90 Å². The van der Waals surface area contributed by atoms with Crippen molar-refractivity contribution in [1.29, 1.82) is 0 Å². The van der Waals surface area contributed by atoms with Crippen molar-refractivity contribution in [1.82, 2.24) is 4.90 Å². The first-order valence-corrected chi connectivity index (χ1v) is 7.67. The molecule has 1 aromatic rings. The Bertz CT molecular complexity index is 601. The minimum atomic E-state index is -0.563. The third-order valence-electron chi connectivity index (χ3n) is 3.33. The van der Waals surface area contributed by atoms with Crippen LogP contribution in [0.3, 0.4) is 0 Å². The van der Waals surface area contributed by atoms with Crippen molar-refractivity contribution in [2.45, 2.75) is 45.8 Å². The lowest BCUT2D eigenvalue weighted by Crippen LogP contribution is -2.40. The van der Waals surface area contributed by atoms with E-state index in [0.717, 1.165) is 5.57 Å². The van der Waals surface area contributed by atoms with Gasteiger partial charge in [-0.2, -0.15) is 0 Å². The van der Waals surface area contributed by atoms with Gasteiger partial charge in [0.1, 0.15) is 12.2 Å². The Balaban J connectivity index is 1.96. The SMILES string of the molecule is CC1=CN(C(=O)OC(C)(C)C)[C@H](COC(=O)c2ccccc2)C1. The summed E-state index contributed by atoms with van der Waals surface area (Å²) in [5.74, 6) is -0.390. The molecule has 5 nitrogen and oxygen atoms in total. The molecule has 0 radical (unpaired) electrons. The Hall–Kier alpha value is -2.30. The van der Waals surface area contributed by atoms with Gasteiger partial charge in [-0.3, -0.25) is 4.90 Å². The summed E-state index contributed by atoms with van der Waals surface area (Å²) in [4.78, 5) is 25.8. The highest BCUT2D eigenvalue weighted by Crippen LogP contribution is 2.24. The Morgan fingerprint density at radius 3 is 2.48 bits per heavy atom. The molecular formula is C18H23NO4. The number of carbonyl (C=O) groups is 2. The summed E-state index contributed by atoms with van der Waals surface area (Å²) in [5, 5.41) is 0. The Labute approximate surface area is 136 Å². The van der Waals surface area contributed by atoms with E-state index in [0.29, 0.717) is 12.0 Å². The lowest BCUT2D eigenvalue weighted by Gasteiger charge is -2.27. The van der Waals surface area contributed by atoms with E-state index in [9.17, 15) is 9.59 Å². The summed E-state index contributed by atoms with van der Waals surface area (Å²) in [5.41, 5.74) is 0.989. The number of hydrogen-bond donors (Lipinski definition) is 0. The summed E-state index contributed by atoms with van der Waals surface area (Å²) in [6.45, 7) is 7.54. The number of ether oxygens (including phenoxy) is 2. The van der Waals surface area contributed by atoms with Gasteiger partial charge in [-0.1, -0.05) is 23.8 Å². The highest BCUT2D eigenvalue weighted by molar-refractivity contribution is 5.89. The second-order valence-corrected chi connectivity index (χ2v) is 6.69. The third-order valence-corrected chi connectivity index (χ3v) is 3.33. The lowest BCUT2D eigenvalue weighted by atomic mass is 10.1. The van der Waals surface area contributed by atoms with Gasteiger partial charge < -0.3 is 9.47 Å². The van der Waals surface area contributed by atoms with Crippen molar-refractivity contribution >= 4 is 12.1 Å². The molecule has 0 fully saturated rings. The van der Waals surface area contributed by atoms with Crippen LogP contribution in [0.5, 0.6) is 0 Å². The van der Waals surface area contributed by atoms with Crippen LogP contribution in [0.2, 0.25) is 0 Å². The van der Waals surface area contributed by atoms with Crippen molar-refractivity contribution in [3.05, 3.63) is 47.7 Å². The average Bonchev–Trinajstić information content (AvgIpc) is 2.85. The zero-order valence-electron chi connectivity index (χ0n) is 14.0. The molecule has 0 unspecified atom stereocenters. The molecular weight excluding hydrogens is 294 g/mol. The maximum absolute atomic E-state index is 12.3. The van der Waals surface area contributed by atoms with Crippen LogP contribution < -0.4 is 0 Å². The van der Waals surface area contributed by atoms with E-state index in [-0.39, 0.29) is 18.6 Å². The topological polar surface area (TPSA) is 55.8 Å². The van der Waals surface area contributed by atoms with Gasteiger partial charge in [-0.15, -0.1) is 0 Å². The summed E-state index contributed by atoms with van der Waals surface area (Å²) >= 11 is 0. The molecule has 1 aliphatic rings. The molecule has 1 atom stereocenters. The van der Waals surface area contributed by atoms with Gasteiger partial charge in [-0.25, -0.2) is 9.59 Å². The Morgan fingerprint density at radius 2 is 1.87 bits per heavy atom. The summed E-state index contributed by atoms with van der Waals surface area (Å²) in [7, 11) is 0. The standard InChI is InChI=1S/C18H23NO4/c1-13-10-15(19(11-13)17(21)23-18(2,3)4)12-22-16(20)14-8-6-5-7-9-14/h5-9,11,15H,10,12H2,1-4H3/t15-/m0/s1. The van der Waals surface area contributed by atoms with E-state index in [4.69, 9.17) is 9.47 Å². The largest absolute Gasteiger partial charge is 0.460 e. The number of benzene rings is 1. The van der Waals surface area contributed by atoms with Gasteiger partial charge >= 0.3 is 12.1 Å². The summed E-state index contributed by atoms with van der Waals surface area (Å²) in [6, 6.07) is 8.58. The highest BCUT2D eigenvalue weighted by Gasteiger charge is 2.32. The fourth-order valence-corrected chi connectivity index (χ4v) is 2.35. The third kappa shape index (κ3) is 4.84. The van der Waals surface area contributed by atoms with Gasteiger partial charge in [0, 0.05) is 6.20 Å². The Kier molecular flexibility index (Phi) is 5.08. The molecule has 0 saturated heterocycles. The van der Waals surface area contributed by atoms with Crippen molar-refractivity contribution in [2.24, 2.45) is 0 Å². The van der Waals surface area contributed by atoms with Crippen molar-refractivity contribution in [3.8, 4) is 0 Å². The van der Waals surface area contributed by atoms with E-state index in [1.54, 1.807) is 30.5 Å². The molecule has 5 heteroatoms. The number of esters is 1. The van der Waals surface area contributed by atoms with Crippen LogP contribution in [0, 0.1) is 0 Å². The first-order valence-electron chi connectivity index (χ1n) is 7.67. The monoisotopic (exact) mass is 317 g/mol. The van der Waals surface area contributed by atoms with Gasteiger partial charge in [-0.05, 0) is 46.2 Å². The predicted octanol–water partition coefficient (Wildman–Crippen LogP) is 3.76. The lowest BCUT2D eigenvalue weighted by molar-refractivity contribution is 0.0162. The summed E-state index contributed by atoms with van der Waals surface area (Å²) < 4.78 is 10.7. The minimum absolute atomic E-state index is 0.140. The maximum Gasteiger partial charge on any atom is 0.414 e. The molecule has 0 saturated carbocycles. The first kappa shape index (κ1) is 17.1. The number of rotatable bonds is 3. The molecule has 0 aromatic heterocycles. The van der Waals surface area contributed by atoms with Gasteiger partial charge in [0.2, 0.25) is 0 Å². The zero-order chi connectivity index (χ0) is 17.0. The number of nitrogens with zero attached hydrogens (tertiary/aromatic N) is 1. The van der Waals surface area contributed by atoms with Crippen molar-refractivity contribution in [3.63, 3.8) is 0 Å². The molecule has 1 amide bonds. The van der Waals surface area contributed by atoms with E-state index in [2.05, 4.69) is 0 Å². The van der Waals surface area contributed by atoms with Crippen LogP contribution in [0.25, 0.3) is 0 Å². The molecule has 0 spiro atoms. The van der Waals surface area contributed by atoms with Gasteiger partial charge in [0.15, 0.2) is 0 Å². The van der Waals surface area contributed by atoms with E-state index >= 15 is 0 Å². The molecule has 2 rings (SSSR count). The van der Waals surface area contributed by atoms with Gasteiger partial charge in [0.05, 0.1) is 11.6 Å². The minimum Gasteiger partial charge on any atom is -0.460 e. The normalized spacial score (nSPS) is 17.7. The average molecular weight is 317 g/mol. The van der Waals surface area contributed by atoms with Crippen molar-refractivity contribution in [2.75, 3.05) is 6.61 Å². The van der Waals surface area contributed by atoms with E-state index < -0.39 is 11.7 Å². The smallest absolute Gasteiger partial charge is 0.414 e. The molecule has 0 bridgehead atoms. The molecule has 1 heterocycles. The molecule has 0 N–H and O–H groups in total. The summed E-state index contributed by atoms with van der Waals surface area (Å²) in [6.07, 6.45) is 2.01. The van der Waals surface area contributed by atoms with Crippen LogP contribution in [0.1, 0.15) is 44.5 Å². The fourth-order valence-electron chi connectivity index (χ4n) is 2.35. The molecule has 0 aliphatic carbocycles. The van der Waals surface area contributed by atoms with Crippen LogP contribution in [0.15, 0.2) is 42.1 Å². The molecule has 124 valence electrons. The number of hydrogen-bond acceptors (Lipinski definition) is 4. The first-order chi connectivity index (χ1) is 10.8. The highest BCUT2D eigenvalue weighted by atomic mass is 16.6. The zero-order valence-corrected chi connectivity index (χ0v) is 14.0. The van der Waals surface area contributed by atoms with Crippen LogP contribution in [-0.2, 0) is 9.47 Å². The second-order valence-electron chi connectivity index (χ2n) is 6.69. The number of amides is 1. The quantitative estimate of drug-likeness (QED) is 0.797. The van der Waals surface area contributed by atoms with Crippen LogP contribution in [-0.4, -0.2) is 35.2 Å². The second kappa shape index (κ2) is 6.86. The maximum atomic E-state index is 12.3. The molecule has 1 aliphatic heterocycles. The Morgan fingerprint density at radius 1 is 1.22 bits per heavy atom. The molecule has 1 aromatic carbocycles. The predicted molar refractivity (Wildman–Crippen MR) is 87.0 cm³/mol. The van der Waals surface area contributed by atoms with Crippen molar-refractivity contribution < 1.29 is 19.1 Å². The van der Waals surface area contributed by atoms with E-state index in [1.807, 2.05) is 33.8 Å². The van der Waals surface area contributed by atoms with Crippen LogP contribution >= 0.6 is 0 Å². The number of carbonyl (C=O) groups excluding carboxylic acids is 2.